The van der Waals surface area contributed by atoms with E-state index in [0.29, 0.717) is 12.4 Å². The summed E-state index contributed by atoms with van der Waals surface area (Å²) < 4.78 is 20.0. The quantitative estimate of drug-likeness (QED) is 0.557. The highest BCUT2D eigenvalue weighted by molar-refractivity contribution is 5.85. The third kappa shape index (κ3) is 7.92. The molecule has 8 nitrogen and oxygen atoms in total. The van der Waals surface area contributed by atoms with Crippen molar-refractivity contribution in [3.63, 3.8) is 0 Å². The van der Waals surface area contributed by atoms with Crippen LogP contribution in [0, 0.1) is 0 Å². The number of amides is 1. The van der Waals surface area contributed by atoms with Gasteiger partial charge in [-0.05, 0) is 23.3 Å². The molecule has 0 radical (unpaired) electrons. The second kappa shape index (κ2) is 12.2. The Morgan fingerprint density at radius 2 is 1.57 bits per heavy atom. The van der Waals surface area contributed by atoms with Crippen LogP contribution in [0.1, 0.15) is 11.1 Å². The molecule has 1 N–H and O–H groups in total. The first-order chi connectivity index (χ1) is 14.5. The van der Waals surface area contributed by atoms with Crippen molar-refractivity contribution in [3.8, 4) is 5.75 Å². The highest BCUT2D eigenvalue weighted by atomic mass is 16.6. The van der Waals surface area contributed by atoms with E-state index in [1.165, 1.54) is 14.2 Å². The summed E-state index contributed by atoms with van der Waals surface area (Å²) in [5, 5.41) is 2.63. The summed E-state index contributed by atoms with van der Waals surface area (Å²) in [6, 6.07) is 15.4. The van der Waals surface area contributed by atoms with Gasteiger partial charge in [-0.15, -0.1) is 0 Å². The minimum absolute atomic E-state index is 0.178. The molecule has 0 aliphatic rings. The summed E-state index contributed by atoms with van der Waals surface area (Å²) in [7, 11) is 2.54. The minimum atomic E-state index is -0.857. The third-order valence-corrected chi connectivity index (χ3v) is 4.11. The molecule has 1 amide bonds. The molecule has 0 saturated carbocycles. The standard InChI is InChI=1S/C22H25NO7/c1-27-21(25)15-30-18-10-8-16(9-11-18)12-19(22(26)28-2)23-20(24)14-29-13-17-6-4-3-5-7-17/h3-11,19H,12-15H2,1-2H3,(H,23,24). The van der Waals surface area contributed by atoms with E-state index in [4.69, 9.17) is 14.2 Å². The zero-order chi connectivity index (χ0) is 21.8. The van der Waals surface area contributed by atoms with E-state index < -0.39 is 23.9 Å². The van der Waals surface area contributed by atoms with Crippen LogP contribution in [0.25, 0.3) is 0 Å². The fraction of sp³-hybridized carbons (Fsp3) is 0.318. The van der Waals surface area contributed by atoms with Crippen molar-refractivity contribution in [1.82, 2.24) is 5.32 Å². The van der Waals surface area contributed by atoms with E-state index in [9.17, 15) is 14.4 Å². The fourth-order valence-corrected chi connectivity index (χ4v) is 2.57. The van der Waals surface area contributed by atoms with Crippen molar-refractivity contribution in [2.75, 3.05) is 27.4 Å². The van der Waals surface area contributed by atoms with E-state index in [-0.39, 0.29) is 19.6 Å². The topological polar surface area (TPSA) is 100 Å². The molecular formula is C22H25NO7. The van der Waals surface area contributed by atoms with Crippen LogP contribution in [0.3, 0.4) is 0 Å². The van der Waals surface area contributed by atoms with Gasteiger partial charge in [0.05, 0.1) is 20.8 Å². The van der Waals surface area contributed by atoms with Gasteiger partial charge in [0, 0.05) is 6.42 Å². The van der Waals surface area contributed by atoms with Gasteiger partial charge in [-0.3, -0.25) is 4.79 Å². The Balaban J connectivity index is 1.86. The van der Waals surface area contributed by atoms with E-state index in [0.717, 1.165) is 11.1 Å². The second-order valence-electron chi connectivity index (χ2n) is 6.33. The summed E-state index contributed by atoms with van der Waals surface area (Å²) in [5.41, 5.74) is 1.73. The summed E-state index contributed by atoms with van der Waals surface area (Å²) in [6.07, 6.45) is 0.231. The molecule has 2 rings (SSSR count). The average Bonchev–Trinajstić information content (AvgIpc) is 2.78. The molecule has 0 heterocycles. The van der Waals surface area contributed by atoms with Gasteiger partial charge in [0.15, 0.2) is 6.61 Å². The van der Waals surface area contributed by atoms with Crippen molar-refractivity contribution >= 4 is 17.8 Å². The highest BCUT2D eigenvalue weighted by Crippen LogP contribution is 2.14. The van der Waals surface area contributed by atoms with Crippen LogP contribution in [0.2, 0.25) is 0 Å². The third-order valence-electron chi connectivity index (χ3n) is 4.11. The second-order valence-corrected chi connectivity index (χ2v) is 6.33. The lowest BCUT2D eigenvalue weighted by Crippen LogP contribution is -2.44. The fourth-order valence-electron chi connectivity index (χ4n) is 2.57. The Kier molecular flexibility index (Phi) is 9.33. The first-order valence-electron chi connectivity index (χ1n) is 9.29. The van der Waals surface area contributed by atoms with Gasteiger partial charge in [-0.25, -0.2) is 9.59 Å². The first-order valence-corrected chi connectivity index (χ1v) is 9.29. The molecule has 1 unspecified atom stereocenters. The maximum Gasteiger partial charge on any atom is 0.343 e. The number of methoxy groups -OCH3 is 2. The van der Waals surface area contributed by atoms with Crippen molar-refractivity contribution in [1.29, 1.82) is 0 Å². The molecule has 0 bridgehead atoms. The zero-order valence-electron chi connectivity index (χ0n) is 17.0. The molecule has 0 aromatic heterocycles. The summed E-state index contributed by atoms with van der Waals surface area (Å²) in [4.78, 5) is 35.4. The molecular weight excluding hydrogens is 390 g/mol. The molecule has 2 aromatic rings. The van der Waals surface area contributed by atoms with Crippen molar-refractivity contribution < 1.29 is 33.3 Å². The first kappa shape index (κ1) is 22.9. The van der Waals surface area contributed by atoms with Crippen molar-refractivity contribution in [3.05, 3.63) is 65.7 Å². The summed E-state index contributed by atoms with van der Waals surface area (Å²) in [6.45, 7) is -0.0768. The molecule has 160 valence electrons. The van der Waals surface area contributed by atoms with Crippen LogP contribution in [0.5, 0.6) is 5.75 Å². The number of rotatable bonds is 11. The maximum absolute atomic E-state index is 12.2. The molecule has 1 atom stereocenters. The molecule has 0 fully saturated rings. The molecule has 0 aliphatic carbocycles. The van der Waals surface area contributed by atoms with Gasteiger partial charge >= 0.3 is 11.9 Å². The molecule has 8 heteroatoms. The number of carbonyl (C=O) groups is 3. The van der Waals surface area contributed by atoms with Gasteiger partial charge < -0.3 is 24.3 Å². The average molecular weight is 415 g/mol. The van der Waals surface area contributed by atoms with Crippen LogP contribution >= 0.6 is 0 Å². The lowest BCUT2D eigenvalue weighted by molar-refractivity contribution is -0.145. The summed E-state index contributed by atoms with van der Waals surface area (Å²) >= 11 is 0. The zero-order valence-corrected chi connectivity index (χ0v) is 17.0. The lowest BCUT2D eigenvalue weighted by Gasteiger charge is -2.17. The van der Waals surface area contributed by atoms with Crippen molar-refractivity contribution in [2.45, 2.75) is 19.1 Å². The Morgan fingerprint density at radius 3 is 2.20 bits per heavy atom. The Labute approximate surface area is 175 Å². The van der Waals surface area contributed by atoms with E-state index in [1.807, 2.05) is 30.3 Å². The predicted octanol–water partition coefficient (Wildman–Crippen LogP) is 1.66. The highest BCUT2D eigenvalue weighted by Gasteiger charge is 2.22. The van der Waals surface area contributed by atoms with Gasteiger partial charge in [-0.1, -0.05) is 42.5 Å². The summed E-state index contributed by atoms with van der Waals surface area (Å²) in [5.74, 6) is -0.976. The van der Waals surface area contributed by atoms with Gasteiger partial charge in [-0.2, -0.15) is 0 Å². The van der Waals surface area contributed by atoms with Gasteiger partial charge in [0.2, 0.25) is 5.91 Å². The number of hydrogen-bond donors (Lipinski definition) is 1. The van der Waals surface area contributed by atoms with Crippen LogP contribution in [-0.2, 0) is 41.6 Å². The molecule has 0 saturated heterocycles. The van der Waals surface area contributed by atoms with Crippen LogP contribution in [0.15, 0.2) is 54.6 Å². The number of carbonyl (C=O) groups excluding carboxylic acids is 3. The Morgan fingerprint density at radius 1 is 0.867 bits per heavy atom. The SMILES string of the molecule is COC(=O)COc1ccc(CC(NC(=O)COCc2ccccc2)C(=O)OC)cc1. The van der Waals surface area contributed by atoms with Crippen molar-refractivity contribution in [2.24, 2.45) is 0 Å². The molecule has 0 aliphatic heterocycles. The van der Waals surface area contributed by atoms with Gasteiger partial charge in [0.25, 0.3) is 0 Å². The van der Waals surface area contributed by atoms with E-state index in [1.54, 1.807) is 24.3 Å². The number of benzene rings is 2. The minimum Gasteiger partial charge on any atom is -0.482 e. The van der Waals surface area contributed by atoms with Crippen LogP contribution in [-0.4, -0.2) is 51.3 Å². The van der Waals surface area contributed by atoms with Gasteiger partial charge in [0.1, 0.15) is 18.4 Å². The van der Waals surface area contributed by atoms with E-state index >= 15 is 0 Å². The Hall–Kier alpha value is -3.39. The molecule has 2 aromatic carbocycles. The molecule has 0 spiro atoms. The lowest BCUT2D eigenvalue weighted by atomic mass is 10.1. The number of esters is 2. The number of nitrogens with one attached hydrogen (secondary N) is 1. The normalized spacial score (nSPS) is 11.3. The number of ether oxygens (including phenoxy) is 4. The smallest absolute Gasteiger partial charge is 0.343 e. The van der Waals surface area contributed by atoms with Crippen LogP contribution < -0.4 is 10.1 Å². The number of hydrogen-bond acceptors (Lipinski definition) is 7. The monoisotopic (exact) mass is 415 g/mol. The maximum atomic E-state index is 12.2. The van der Waals surface area contributed by atoms with Crippen LogP contribution in [0.4, 0.5) is 0 Å². The van der Waals surface area contributed by atoms with E-state index in [2.05, 4.69) is 10.1 Å². The predicted molar refractivity (Wildman–Crippen MR) is 108 cm³/mol. The Bertz CT molecular complexity index is 821. The largest absolute Gasteiger partial charge is 0.482 e. The molecule has 30 heavy (non-hydrogen) atoms.